The van der Waals surface area contributed by atoms with Crippen molar-refractivity contribution in [2.75, 3.05) is 19.5 Å². The molecule has 0 saturated carbocycles. The third-order valence-electron chi connectivity index (χ3n) is 3.89. The van der Waals surface area contributed by atoms with Crippen LogP contribution in [0.5, 0.6) is 11.5 Å². The molecule has 0 amide bonds. The van der Waals surface area contributed by atoms with Crippen LogP contribution in [0.1, 0.15) is 5.56 Å². The van der Waals surface area contributed by atoms with Crippen LogP contribution in [0.3, 0.4) is 0 Å². The molecule has 0 unspecified atom stereocenters. The first-order valence-electron chi connectivity index (χ1n) is 7.68. The van der Waals surface area contributed by atoms with Gasteiger partial charge in [-0.05, 0) is 23.2 Å². The average Bonchev–Trinajstić information content (AvgIpc) is 2.65. The predicted molar refractivity (Wildman–Crippen MR) is 96.2 cm³/mol. The van der Waals surface area contributed by atoms with E-state index in [4.69, 9.17) is 19.5 Å². The number of aromatic nitrogens is 2. The molecule has 1 aromatic heterocycles. The van der Waals surface area contributed by atoms with Crippen molar-refractivity contribution in [3.8, 4) is 11.5 Å². The number of ether oxygens (including phenoxy) is 2. The number of anilines is 1. The number of benzene rings is 2. The van der Waals surface area contributed by atoms with Crippen LogP contribution in [0.2, 0.25) is 0 Å². The maximum absolute atomic E-state index is 9.13. The summed E-state index contributed by atoms with van der Waals surface area (Å²) in [7, 11) is 1.69. The van der Waals surface area contributed by atoms with Crippen molar-refractivity contribution in [3.05, 3.63) is 48.3 Å². The monoisotopic (exact) mass is 339 g/mol. The third kappa shape index (κ3) is 3.49. The van der Waals surface area contributed by atoms with Crippen LogP contribution in [0.25, 0.3) is 10.9 Å². The van der Waals surface area contributed by atoms with Crippen molar-refractivity contribution < 1.29 is 19.5 Å². The molecule has 0 fully saturated rings. The van der Waals surface area contributed by atoms with Gasteiger partial charge in [-0.15, -0.1) is 0 Å². The Morgan fingerprint density at radius 1 is 1.00 bits per heavy atom. The van der Waals surface area contributed by atoms with E-state index in [0.29, 0.717) is 34.8 Å². The lowest BCUT2D eigenvalue weighted by molar-refractivity contribution is 0.358. The second-order valence-electron chi connectivity index (χ2n) is 5.39. The van der Waals surface area contributed by atoms with Gasteiger partial charge in [-0.25, -0.2) is 9.97 Å². The minimum atomic E-state index is -1.46. The molecule has 128 valence electrons. The van der Waals surface area contributed by atoms with Gasteiger partial charge in [0.1, 0.15) is 17.7 Å². The zero-order valence-corrected chi connectivity index (χ0v) is 13.9. The number of fused-ring (bicyclic) bond motifs is 1. The number of hydrogen-bond donors (Lipinski definition) is 3. The van der Waals surface area contributed by atoms with Gasteiger partial charge in [-0.2, -0.15) is 0 Å². The van der Waals surface area contributed by atoms with E-state index in [1.807, 2.05) is 24.3 Å². The molecule has 0 aliphatic carbocycles. The Morgan fingerprint density at radius 2 is 1.76 bits per heavy atom. The highest BCUT2D eigenvalue weighted by atomic mass is 16.5. The number of methoxy groups -OCH3 is 2. The van der Waals surface area contributed by atoms with Crippen molar-refractivity contribution >= 4 is 29.3 Å². The molecule has 1 heterocycles. The number of nitrogens with one attached hydrogen (secondary N) is 1. The summed E-state index contributed by atoms with van der Waals surface area (Å²) in [6.45, 7) is 0.530. The molecule has 0 atom stereocenters. The molecule has 25 heavy (non-hydrogen) atoms. The Labute approximate surface area is 145 Å². The first kappa shape index (κ1) is 17.0. The maximum Gasteiger partial charge on any atom is 0.488 e. The van der Waals surface area contributed by atoms with Crippen LogP contribution in [0, 0.1) is 0 Å². The molecule has 3 aromatic rings. The Kier molecular flexibility index (Phi) is 5.01. The highest BCUT2D eigenvalue weighted by molar-refractivity contribution is 6.58. The van der Waals surface area contributed by atoms with Crippen LogP contribution in [-0.4, -0.2) is 41.4 Å². The quantitative estimate of drug-likeness (QED) is 0.575. The molecule has 0 aliphatic heterocycles. The summed E-state index contributed by atoms with van der Waals surface area (Å²) in [6, 6.07) is 10.7. The van der Waals surface area contributed by atoms with Gasteiger partial charge in [0.25, 0.3) is 0 Å². The Hall–Kier alpha value is -2.84. The maximum atomic E-state index is 9.13. The number of hydrogen-bond acceptors (Lipinski definition) is 7. The first-order chi connectivity index (χ1) is 12.1. The summed E-state index contributed by atoms with van der Waals surface area (Å²) < 4.78 is 10.7. The summed E-state index contributed by atoms with van der Waals surface area (Å²) in [5, 5.41) is 22.4. The Morgan fingerprint density at radius 3 is 2.40 bits per heavy atom. The largest absolute Gasteiger partial charge is 0.493 e. The smallest absolute Gasteiger partial charge is 0.488 e. The van der Waals surface area contributed by atoms with Gasteiger partial charge in [0.2, 0.25) is 0 Å². The van der Waals surface area contributed by atoms with Crippen molar-refractivity contribution in [2.24, 2.45) is 0 Å². The molecule has 8 heteroatoms. The molecule has 0 bridgehead atoms. The van der Waals surface area contributed by atoms with Gasteiger partial charge < -0.3 is 24.8 Å². The lowest BCUT2D eigenvalue weighted by Gasteiger charge is -2.13. The second kappa shape index (κ2) is 7.37. The summed E-state index contributed by atoms with van der Waals surface area (Å²) in [5.41, 5.74) is 2.10. The van der Waals surface area contributed by atoms with E-state index in [2.05, 4.69) is 15.3 Å². The molecule has 3 N–H and O–H groups in total. The minimum Gasteiger partial charge on any atom is -0.493 e. The highest BCUT2D eigenvalue weighted by Crippen LogP contribution is 2.35. The van der Waals surface area contributed by atoms with Crippen LogP contribution < -0.4 is 20.3 Å². The SMILES string of the molecule is COc1ccc2c(NCc3ccc(B(O)O)cc3)ncnc2c1OC. The van der Waals surface area contributed by atoms with Crippen LogP contribution >= 0.6 is 0 Å². The van der Waals surface area contributed by atoms with E-state index in [1.54, 1.807) is 26.4 Å². The molecule has 0 radical (unpaired) electrons. The Balaban J connectivity index is 1.86. The van der Waals surface area contributed by atoms with E-state index in [1.165, 1.54) is 6.33 Å². The second-order valence-corrected chi connectivity index (χ2v) is 5.39. The summed E-state index contributed by atoms with van der Waals surface area (Å²) in [5.74, 6) is 1.85. The van der Waals surface area contributed by atoms with E-state index in [0.717, 1.165) is 10.9 Å². The molecular weight excluding hydrogens is 321 g/mol. The van der Waals surface area contributed by atoms with E-state index >= 15 is 0 Å². The molecular formula is C17H18BN3O4. The lowest BCUT2D eigenvalue weighted by Crippen LogP contribution is -2.29. The van der Waals surface area contributed by atoms with Gasteiger partial charge in [-0.3, -0.25) is 0 Å². The Bertz CT molecular complexity index is 872. The zero-order chi connectivity index (χ0) is 17.8. The van der Waals surface area contributed by atoms with Crippen molar-refractivity contribution in [1.82, 2.24) is 9.97 Å². The summed E-state index contributed by atoms with van der Waals surface area (Å²) in [6.07, 6.45) is 1.47. The number of rotatable bonds is 6. The minimum absolute atomic E-state index is 0.452. The van der Waals surface area contributed by atoms with Crippen molar-refractivity contribution in [3.63, 3.8) is 0 Å². The van der Waals surface area contributed by atoms with Crippen molar-refractivity contribution in [2.45, 2.75) is 6.54 Å². The molecule has 3 rings (SSSR count). The van der Waals surface area contributed by atoms with E-state index < -0.39 is 7.12 Å². The highest BCUT2D eigenvalue weighted by Gasteiger charge is 2.13. The van der Waals surface area contributed by atoms with Gasteiger partial charge >= 0.3 is 7.12 Å². The third-order valence-corrected chi connectivity index (χ3v) is 3.89. The normalized spacial score (nSPS) is 10.6. The van der Waals surface area contributed by atoms with E-state index in [9.17, 15) is 0 Å². The summed E-state index contributed by atoms with van der Waals surface area (Å²) in [4.78, 5) is 8.60. The lowest BCUT2D eigenvalue weighted by atomic mass is 9.80. The summed E-state index contributed by atoms with van der Waals surface area (Å²) >= 11 is 0. The van der Waals surface area contributed by atoms with Gasteiger partial charge in [0, 0.05) is 11.9 Å². The zero-order valence-electron chi connectivity index (χ0n) is 13.9. The van der Waals surface area contributed by atoms with Gasteiger partial charge in [-0.1, -0.05) is 24.3 Å². The molecule has 0 spiro atoms. The molecule has 7 nitrogen and oxygen atoms in total. The van der Waals surface area contributed by atoms with Gasteiger partial charge in [0.15, 0.2) is 11.5 Å². The van der Waals surface area contributed by atoms with Crippen LogP contribution in [0.4, 0.5) is 5.82 Å². The van der Waals surface area contributed by atoms with Crippen molar-refractivity contribution in [1.29, 1.82) is 0 Å². The first-order valence-corrected chi connectivity index (χ1v) is 7.68. The van der Waals surface area contributed by atoms with Crippen LogP contribution in [-0.2, 0) is 6.54 Å². The molecule has 0 aliphatic rings. The molecule has 2 aromatic carbocycles. The fraction of sp³-hybridized carbons (Fsp3) is 0.176. The fourth-order valence-corrected chi connectivity index (χ4v) is 2.58. The fourth-order valence-electron chi connectivity index (χ4n) is 2.58. The number of nitrogens with zero attached hydrogens (tertiary/aromatic N) is 2. The topological polar surface area (TPSA) is 96.7 Å². The van der Waals surface area contributed by atoms with E-state index in [-0.39, 0.29) is 0 Å². The average molecular weight is 339 g/mol. The standard InChI is InChI=1S/C17H18BN3O4/c1-24-14-8-7-13-15(16(14)25-2)20-10-21-17(13)19-9-11-3-5-12(6-4-11)18(22)23/h3-8,10,22-23H,9H2,1-2H3,(H,19,20,21). The van der Waals surface area contributed by atoms with Crippen LogP contribution in [0.15, 0.2) is 42.7 Å². The predicted octanol–water partition coefficient (Wildman–Crippen LogP) is 0.939. The molecule has 0 saturated heterocycles. The van der Waals surface area contributed by atoms with Gasteiger partial charge in [0.05, 0.1) is 14.2 Å².